The largest absolute Gasteiger partial charge is 0.443 e. The van der Waals surface area contributed by atoms with Crippen LogP contribution in [0.25, 0.3) is 22.2 Å². The van der Waals surface area contributed by atoms with E-state index in [1.54, 1.807) is 12.3 Å². The number of fused-ring (bicyclic) bond motifs is 1. The van der Waals surface area contributed by atoms with Crippen molar-refractivity contribution in [2.75, 3.05) is 12.3 Å². The van der Waals surface area contributed by atoms with Gasteiger partial charge in [0.15, 0.2) is 0 Å². The van der Waals surface area contributed by atoms with E-state index in [-0.39, 0.29) is 12.3 Å². The number of aryl methyl sites for hydroxylation is 1. The van der Waals surface area contributed by atoms with E-state index in [2.05, 4.69) is 19.6 Å². The summed E-state index contributed by atoms with van der Waals surface area (Å²) in [5.41, 5.74) is 8.09. The summed E-state index contributed by atoms with van der Waals surface area (Å²) in [6.07, 6.45) is 1.03. The fraction of sp³-hybridized carbons (Fsp3) is 0.440. The molecule has 0 saturated heterocycles. The molecule has 0 atom stereocenters. The molecule has 2 heterocycles. The predicted octanol–water partition coefficient (Wildman–Crippen LogP) is 5.46. The maximum atomic E-state index is 13.4. The molecule has 1 aromatic carbocycles. The molecule has 2 aromatic heterocycles. The summed E-state index contributed by atoms with van der Waals surface area (Å²) in [6, 6.07) is 10.2. The first-order valence-corrected chi connectivity index (χ1v) is 14.9. The van der Waals surface area contributed by atoms with Gasteiger partial charge in [-0.2, -0.15) is 0 Å². The molecule has 0 aliphatic heterocycles. The van der Waals surface area contributed by atoms with Crippen LogP contribution in [0.2, 0.25) is 25.7 Å². The Morgan fingerprint density at radius 3 is 2.45 bits per heavy atom. The van der Waals surface area contributed by atoms with Crippen molar-refractivity contribution in [3.05, 3.63) is 52.4 Å². The molecule has 7 nitrogen and oxygen atoms in total. The smallest absolute Gasteiger partial charge is 0.419 e. The van der Waals surface area contributed by atoms with Crippen LogP contribution in [0.5, 0.6) is 0 Å². The van der Waals surface area contributed by atoms with Gasteiger partial charge in [0.1, 0.15) is 12.3 Å². The van der Waals surface area contributed by atoms with Gasteiger partial charge in [-0.25, -0.2) is 9.36 Å². The van der Waals surface area contributed by atoms with E-state index in [9.17, 15) is 9.59 Å². The van der Waals surface area contributed by atoms with Crippen LogP contribution in [0.3, 0.4) is 0 Å². The fourth-order valence-electron chi connectivity index (χ4n) is 3.52. The predicted molar refractivity (Wildman–Crippen MR) is 137 cm³/mol. The normalized spacial score (nSPS) is 12.3. The van der Waals surface area contributed by atoms with Crippen molar-refractivity contribution >= 4 is 30.8 Å². The van der Waals surface area contributed by atoms with Gasteiger partial charge in [-0.3, -0.25) is 9.36 Å². The van der Waals surface area contributed by atoms with Gasteiger partial charge in [0.2, 0.25) is 0 Å². The van der Waals surface area contributed by atoms with E-state index >= 15 is 0 Å². The third kappa shape index (κ3) is 6.14. The molecule has 178 valence electrons. The molecular formula is C25H35N3O4Si. The summed E-state index contributed by atoms with van der Waals surface area (Å²) >= 11 is 0. The molecule has 0 unspecified atom stereocenters. The Labute approximate surface area is 196 Å². The van der Waals surface area contributed by atoms with Crippen LogP contribution in [-0.4, -0.2) is 35.5 Å². The second-order valence-corrected chi connectivity index (χ2v) is 16.3. The number of hydrogen-bond donors (Lipinski definition) is 1. The molecule has 3 rings (SSSR count). The van der Waals surface area contributed by atoms with Crippen LogP contribution in [0.15, 0.2) is 41.3 Å². The number of anilines is 1. The molecule has 0 bridgehead atoms. The number of hydrogen-bond acceptors (Lipinski definition) is 5. The number of nitrogens with zero attached hydrogens (tertiary/aromatic N) is 2. The molecule has 3 aromatic rings. The zero-order valence-electron chi connectivity index (χ0n) is 20.7. The minimum atomic E-state index is -1.24. The highest BCUT2D eigenvalue weighted by Gasteiger charge is 2.24. The van der Waals surface area contributed by atoms with Crippen LogP contribution in [0.4, 0.5) is 10.5 Å². The van der Waals surface area contributed by atoms with Crippen LogP contribution in [-0.2, 0) is 16.2 Å². The highest BCUT2D eigenvalue weighted by molar-refractivity contribution is 6.76. The number of aromatic nitrogens is 2. The lowest BCUT2D eigenvalue weighted by atomic mass is 10.1. The van der Waals surface area contributed by atoms with Crippen molar-refractivity contribution in [1.82, 2.24) is 9.13 Å². The van der Waals surface area contributed by atoms with E-state index in [1.165, 1.54) is 9.13 Å². The molecule has 0 aliphatic rings. The lowest BCUT2D eigenvalue weighted by Gasteiger charge is -2.21. The first-order valence-electron chi connectivity index (χ1n) is 11.2. The number of carbonyl (C=O) groups excluding carboxylic acids is 1. The third-order valence-electron chi connectivity index (χ3n) is 5.14. The Kier molecular flexibility index (Phi) is 6.90. The van der Waals surface area contributed by atoms with Crippen LogP contribution < -0.4 is 11.3 Å². The van der Waals surface area contributed by atoms with E-state index in [1.807, 2.05) is 52.0 Å². The zero-order chi connectivity index (χ0) is 24.6. The van der Waals surface area contributed by atoms with Gasteiger partial charge in [-0.15, -0.1) is 0 Å². The van der Waals surface area contributed by atoms with Crippen LogP contribution >= 0.6 is 0 Å². The Bertz CT molecular complexity index is 1230. The fourth-order valence-corrected chi connectivity index (χ4v) is 4.27. The SMILES string of the molecule is Cc1ccc2c(c1)cc(-c1cc(N)cn(COCC[Si](C)(C)C)c1=O)n2C(=O)OC(C)(C)C. The van der Waals surface area contributed by atoms with E-state index < -0.39 is 19.8 Å². The molecule has 0 amide bonds. The van der Waals surface area contributed by atoms with E-state index in [0.717, 1.165) is 17.0 Å². The molecule has 2 N–H and O–H groups in total. The summed E-state index contributed by atoms with van der Waals surface area (Å²) in [6.45, 7) is 14.9. The molecule has 0 radical (unpaired) electrons. The summed E-state index contributed by atoms with van der Waals surface area (Å²) in [5, 5.41) is 0.843. The average Bonchev–Trinajstić information content (AvgIpc) is 3.03. The second kappa shape index (κ2) is 9.19. The van der Waals surface area contributed by atoms with Gasteiger partial charge in [0.25, 0.3) is 5.56 Å². The molecule has 8 heteroatoms. The van der Waals surface area contributed by atoms with E-state index in [4.69, 9.17) is 15.2 Å². The summed E-state index contributed by atoms with van der Waals surface area (Å²) in [4.78, 5) is 26.6. The Balaban J connectivity index is 2.08. The molecule has 0 fully saturated rings. The lowest BCUT2D eigenvalue weighted by molar-refractivity contribution is 0.0547. The van der Waals surface area contributed by atoms with Crippen molar-refractivity contribution < 1.29 is 14.3 Å². The maximum Gasteiger partial charge on any atom is 0.419 e. The average molecular weight is 470 g/mol. The second-order valence-electron chi connectivity index (χ2n) is 10.7. The quantitative estimate of drug-likeness (QED) is 0.383. The van der Waals surface area contributed by atoms with Crippen molar-refractivity contribution in [1.29, 1.82) is 0 Å². The summed E-state index contributed by atoms with van der Waals surface area (Å²) < 4.78 is 14.3. The minimum Gasteiger partial charge on any atom is -0.443 e. The topological polar surface area (TPSA) is 88.5 Å². The highest BCUT2D eigenvalue weighted by Crippen LogP contribution is 2.29. The van der Waals surface area contributed by atoms with Crippen molar-refractivity contribution in [2.45, 2.75) is 65.7 Å². The van der Waals surface area contributed by atoms with Crippen LogP contribution in [0.1, 0.15) is 26.3 Å². The first-order chi connectivity index (χ1) is 15.2. The Morgan fingerprint density at radius 2 is 1.82 bits per heavy atom. The van der Waals surface area contributed by atoms with Gasteiger partial charge in [0.05, 0.1) is 16.8 Å². The number of carbonyl (C=O) groups is 1. The lowest BCUT2D eigenvalue weighted by Crippen LogP contribution is -2.29. The van der Waals surface area contributed by atoms with Crippen molar-refractivity contribution in [2.24, 2.45) is 0 Å². The highest BCUT2D eigenvalue weighted by atomic mass is 28.3. The molecular weight excluding hydrogens is 434 g/mol. The third-order valence-corrected chi connectivity index (χ3v) is 6.85. The summed E-state index contributed by atoms with van der Waals surface area (Å²) in [5.74, 6) is 0. The number of benzene rings is 1. The number of nitrogen functional groups attached to an aromatic ring is 1. The Morgan fingerprint density at radius 1 is 1.12 bits per heavy atom. The van der Waals surface area contributed by atoms with Gasteiger partial charge in [-0.05, 0) is 58.0 Å². The van der Waals surface area contributed by atoms with Gasteiger partial charge >= 0.3 is 6.09 Å². The first kappa shape index (κ1) is 24.8. The number of nitrogens with two attached hydrogens (primary N) is 1. The van der Waals surface area contributed by atoms with Crippen molar-refractivity contribution in [3.8, 4) is 11.3 Å². The molecule has 0 aliphatic carbocycles. The zero-order valence-corrected chi connectivity index (χ0v) is 21.7. The molecule has 0 saturated carbocycles. The Hall–Kier alpha value is -2.84. The van der Waals surface area contributed by atoms with Gasteiger partial charge in [-0.1, -0.05) is 31.3 Å². The number of ether oxygens (including phenoxy) is 2. The monoisotopic (exact) mass is 469 g/mol. The molecule has 0 spiro atoms. The van der Waals surface area contributed by atoms with Gasteiger partial charge in [0, 0.05) is 32.0 Å². The molecule has 33 heavy (non-hydrogen) atoms. The number of pyridine rings is 1. The van der Waals surface area contributed by atoms with E-state index in [0.29, 0.717) is 29.1 Å². The minimum absolute atomic E-state index is 0.104. The van der Waals surface area contributed by atoms with Crippen LogP contribution in [0, 0.1) is 6.92 Å². The summed E-state index contributed by atoms with van der Waals surface area (Å²) in [7, 11) is -1.24. The van der Waals surface area contributed by atoms with Crippen molar-refractivity contribution in [3.63, 3.8) is 0 Å². The standard InChI is InChI=1S/C25H35N3O4Si/c1-17-8-9-21-18(12-17)13-22(28(21)24(30)32-25(2,3)4)20-14-19(26)15-27(23(20)29)16-31-10-11-33(5,6)7/h8-9,12-15H,10-11,16,26H2,1-7H3. The van der Waals surface area contributed by atoms with Gasteiger partial charge < -0.3 is 15.2 Å². The maximum absolute atomic E-state index is 13.4. The number of rotatable bonds is 6.